The van der Waals surface area contributed by atoms with Crippen LogP contribution in [-0.4, -0.2) is 40.8 Å². The molecule has 0 aliphatic heterocycles. The predicted molar refractivity (Wildman–Crippen MR) is 36.3 cm³/mol. The van der Waals surface area contributed by atoms with Crippen molar-refractivity contribution in [2.45, 2.75) is 0 Å². The van der Waals surface area contributed by atoms with Crippen LogP contribution in [0.4, 0.5) is 0 Å². The van der Waals surface area contributed by atoms with Crippen LogP contribution in [0.15, 0.2) is 0 Å². The van der Waals surface area contributed by atoms with Crippen LogP contribution in [0.25, 0.3) is 0 Å². The highest BCUT2D eigenvalue weighted by atomic mass is 16.6. The molecule has 0 amide bonds. The lowest BCUT2D eigenvalue weighted by Gasteiger charge is -1.97. The van der Waals surface area contributed by atoms with E-state index in [-0.39, 0.29) is 30.7 Å². The summed E-state index contributed by atoms with van der Waals surface area (Å²) < 4.78 is 13.3. The minimum absolute atomic E-state index is 0.0312. The Labute approximate surface area is 55.5 Å². The summed E-state index contributed by atoms with van der Waals surface area (Å²) in [4.78, 5) is 0. The first kappa shape index (κ1) is 9.06. The van der Waals surface area contributed by atoms with E-state index in [0.717, 1.165) is 0 Å². The van der Waals surface area contributed by atoms with Crippen LogP contribution in [0.5, 0.6) is 0 Å². The quantitative estimate of drug-likeness (QED) is 0.283. The lowest BCUT2D eigenvalue weighted by molar-refractivity contribution is 0.378. The minimum Gasteiger partial charge on any atom is -0.458 e. The molecule has 0 radical (unpaired) electrons. The highest BCUT2D eigenvalue weighted by Gasteiger charge is 1.93. The summed E-state index contributed by atoms with van der Waals surface area (Å²) >= 11 is 0. The van der Waals surface area contributed by atoms with Crippen LogP contribution in [0.1, 0.15) is 0 Å². The van der Waals surface area contributed by atoms with E-state index in [0.29, 0.717) is 0 Å². The summed E-state index contributed by atoms with van der Waals surface area (Å²) in [5, 5.41) is 16.1. The Morgan fingerprint density at radius 1 is 0.778 bits per heavy atom. The van der Waals surface area contributed by atoms with Gasteiger partial charge in [0, 0.05) is 0 Å². The van der Waals surface area contributed by atoms with Gasteiger partial charge in [0.2, 0.25) is 0 Å². The number of hydrogen-bond acceptors (Lipinski definition) is 5. The van der Waals surface area contributed by atoms with Crippen molar-refractivity contribution in [1.82, 2.24) is 0 Å². The van der Waals surface area contributed by atoms with Gasteiger partial charge in [-0.1, -0.05) is 0 Å². The molecule has 48 valence electrons. The Morgan fingerprint density at radius 2 is 1.22 bits per heavy atom. The van der Waals surface area contributed by atoms with E-state index in [1.807, 2.05) is 0 Å². The molecule has 0 bridgehead atoms. The summed E-state index contributed by atoms with van der Waals surface area (Å²) in [7, 11) is -0.814. The Morgan fingerprint density at radius 3 is 1.56 bits per heavy atom. The van der Waals surface area contributed by atoms with Crippen LogP contribution in [-0.2, 0) is 13.7 Å². The van der Waals surface area contributed by atoms with Crippen LogP contribution in [0.3, 0.4) is 0 Å². The fourth-order valence-corrected chi connectivity index (χ4v) is 0.226. The normalized spacial score (nSPS) is 8.22. The second-order valence-corrected chi connectivity index (χ2v) is 1.11. The maximum atomic E-state index is 8.03. The van der Waals surface area contributed by atoms with Gasteiger partial charge in [0.1, 0.15) is 0 Å². The fraction of sp³-hybridized carbons (Fsp3) is 0. The van der Waals surface area contributed by atoms with Crippen LogP contribution < -0.4 is 0 Å². The molecular formula is H6B4O5. The Hall–Kier alpha value is 0.0597. The molecule has 0 unspecified atom stereocenters. The van der Waals surface area contributed by atoms with Gasteiger partial charge in [-0.2, -0.15) is 0 Å². The summed E-state index contributed by atoms with van der Waals surface area (Å²) in [5.74, 6) is 0. The van der Waals surface area contributed by atoms with Gasteiger partial charge in [-0.25, -0.2) is 0 Å². The molecule has 0 saturated carbocycles. The molecule has 0 aromatic carbocycles. The summed E-state index contributed by atoms with van der Waals surface area (Å²) in [6.45, 7) is 0. The van der Waals surface area contributed by atoms with Crippen molar-refractivity contribution < 1.29 is 23.8 Å². The van der Waals surface area contributed by atoms with Gasteiger partial charge in [0.15, 0.2) is 0 Å². The van der Waals surface area contributed by atoms with Gasteiger partial charge < -0.3 is 23.8 Å². The minimum atomic E-state index is -0.376. The molecule has 9 heavy (non-hydrogen) atoms. The lowest BCUT2D eigenvalue weighted by Crippen LogP contribution is -2.14. The first-order chi connectivity index (χ1) is 4.41. The second kappa shape index (κ2) is 8.06. The lowest BCUT2D eigenvalue weighted by atomic mass is 10.2. The first-order valence-corrected chi connectivity index (χ1v) is 2.36. The largest absolute Gasteiger partial charge is 0.458 e. The van der Waals surface area contributed by atoms with E-state index in [1.165, 1.54) is 0 Å². The van der Waals surface area contributed by atoms with E-state index in [4.69, 9.17) is 10.0 Å². The van der Waals surface area contributed by atoms with Crippen LogP contribution >= 0.6 is 0 Å². The third-order valence-electron chi connectivity index (χ3n) is 0.516. The van der Waals surface area contributed by atoms with E-state index < -0.39 is 0 Å². The van der Waals surface area contributed by atoms with Crippen LogP contribution in [0, 0.1) is 0 Å². The molecule has 0 aliphatic carbocycles. The molecule has 5 nitrogen and oxygen atoms in total. The first-order valence-electron chi connectivity index (χ1n) is 2.36. The molecule has 0 spiro atoms. The third-order valence-corrected chi connectivity index (χ3v) is 0.516. The van der Waals surface area contributed by atoms with Gasteiger partial charge in [-0.3, -0.25) is 0 Å². The van der Waals surface area contributed by atoms with E-state index in [2.05, 4.69) is 13.7 Å². The molecular weight excluding hydrogens is 123 g/mol. The standard InChI is InChI=1S/B4H6O5/c5-1-7-3-9-4-8-2-6/h1-6H. The second-order valence-electron chi connectivity index (χ2n) is 1.11. The summed E-state index contributed by atoms with van der Waals surface area (Å²) in [6.07, 6.45) is 0. The van der Waals surface area contributed by atoms with E-state index in [1.54, 1.807) is 0 Å². The topological polar surface area (TPSA) is 68.2 Å². The van der Waals surface area contributed by atoms with Gasteiger partial charge in [-0.05, 0) is 0 Å². The number of hydrogen-bond donors (Lipinski definition) is 2. The average Bonchev–Trinajstić information content (AvgIpc) is 1.89. The van der Waals surface area contributed by atoms with Gasteiger partial charge >= 0.3 is 30.7 Å². The molecule has 9 heteroatoms. The SMILES string of the molecule is OBOBOBOBO. The van der Waals surface area contributed by atoms with Crippen molar-refractivity contribution in [3.8, 4) is 0 Å². The Balaban J connectivity index is 2.60. The molecule has 0 atom stereocenters. The highest BCUT2D eigenvalue weighted by Crippen LogP contribution is 1.68. The van der Waals surface area contributed by atoms with Crippen molar-refractivity contribution in [2.24, 2.45) is 0 Å². The van der Waals surface area contributed by atoms with Gasteiger partial charge in [0.25, 0.3) is 0 Å². The molecule has 0 aliphatic rings. The predicted octanol–water partition coefficient (Wildman–Crippen LogP) is -3.91. The molecule has 0 saturated heterocycles. The van der Waals surface area contributed by atoms with Crippen molar-refractivity contribution in [2.75, 3.05) is 0 Å². The maximum absolute atomic E-state index is 8.03. The van der Waals surface area contributed by atoms with Crippen molar-refractivity contribution in [3.63, 3.8) is 0 Å². The molecule has 0 aromatic heterocycles. The zero-order chi connectivity index (χ0) is 6.95. The van der Waals surface area contributed by atoms with Crippen molar-refractivity contribution in [1.29, 1.82) is 0 Å². The zero-order valence-electron chi connectivity index (χ0n) is 4.95. The average molecular weight is 129 g/mol. The highest BCUT2D eigenvalue weighted by molar-refractivity contribution is 6.43. The monoisotopic (exact) mass is 130 g/mol. The van der Waals surface area contributed by atoms with E-state index in [9.17, 15) is 0 Å². The van der Waals surface area contributed by atoms with Gasteiger partial charge in [0.05, 0.1) is 0 Å². The molecule has 0 aromatic rings. The van der Waals surface area contributed by atoms with Gasteiger partial charge in [-0.15, -0.1) is 0 Å². The third kappa shape index (κ3) is 8.06. The molecule has 0 fully saturated rings. The summed E-state index contributed by atoms with van der Waals surface area (Å²) in [5.41, 5.74) is 0. The zero-order valence-corrected chi connectivity index (χ0v) is 4.95. The molecule has 0 heterocycles. The number of rotatable bonds is 6. The fourth-order valence-electron chi connectivity index (χ4n) is 0.226. The Kier molecular flexibility index (Phi) is 8.11. The van der Waals surface area contributed by atoms with Crippen molar-refractivity contribution >= 4 is 30.7 Å². The summed E-state index contributed by atoms with van der Waals surface area (Å²) in [6, 6.07) is 0. The molecule has 0 rings (SSSR count). The smallest absolute Gasteiger partial charge is 0.421 e. The van der Waals surface area contributed by atoms with Crippen LogP contribution in [0.2, 0.25) is 0 Å². The van der Waals surface area contributed by atoms with E-state index >= 15 is 0 Å². The Bertz CT molecular complexity index is 42.2. The molecule has 2 N–H and O–H groups in total. The van der Waals surface area contributed by atoms with Crippen molar-refractivity contribution in [3.05, 3.63) is 0 Å². The maximum Gasteiger partial charge on any atom is 0.421 e.